The monoisotopic (exact) mass is 256 g/mol. The number of rotatable bonds is 3. The van der Waals surface area contributed by atoms with E-state index in [4.69, 9.17) is 10.00 Å². The number of hydrogen-bond donors (Lipinski definition) is 1. The van der Waals surface area contributed by atoms with Gasteiger partial charge in [0, 0.05) is 18.7 Å². The van der Waals surface area contributed by atoms with Crippen LogP contribution in [0.2, 0.25) is 0 Å². The van der Waals surface area contributed by atoms with Gasteiger partial charge in [0.2, 0.25) is 0 Å². The van der Waals surface area contributed by atoms with Gasteiger partial charge in [0.15, 0.2) is 0 Å². The maximum Gasteiger partial charge on any atom is 0.335 e. The summed E-state index contributed by atoms with van der Waals surface area (Å²) in [6.45, 7) is 0.897. The molecule has 0 spiro atoms. The second-order valence-corrected chi connectivity index (χ2v) is 4.47. The first-order valence-corrected chi connectivity index (χ1v) is 6.28. The number of nitrogens with zero attached hydrogens (tertiary/aromatic N) is 1. The molecular formula is C15H16N2O2. The molecule has 0 unspecified atom stereocenters. The van der Waals surface area contributed by atoms with Crippen LogP contribution in [0.4, 0.5) is 0 Å². The van der Waals surface area contributed by atoms with Gasteiger partial charge in [0.05, 0.1) is 24.3 Å². The Morgan fingerprint density at radius 2 is 2.37 bits per heavy atom. The summed E-state index contributed by atoms with van der Waals surface area (Å²) in [5.74, 6) is -0.299. The first kappa shape index (κ1) is 13.2. The number of carbonyl (C=O) groups is 1. The Morgan fingerprint density at radius 3 is 3.00 bits per heavy atom. The van der Waals surface area contributed by atoms with Crippen molar-refractivity contribution in [1.29, 1.82) is 5.26 Å². The molecule has 1 N–H and O–H groups in total. The number of esters is 1. The average molecular weight is 256 g/mol. The van der Waals surface area contributed by atoms with Gasteiger partial charge in [-0.2, -0.15) is 5.26 Å². The first-order chi connectivity index (χ1) is 9.24. The Kier molecular flexibility index (Phi) is 4.19. The largest absolute Gasteiger partial charge is 0.466 e. The fourth-order valence-corrected chi connectivity index (χ4v) is 2.23. The van der Waals surface area contributed by atoms with Crippen molar-refractivity contribution < 1.29 is 9.53 Å². The zero-order valence-electron chi connectivity index (χ0n) is 10.9. The van der Waals surface area contributed by atoms with E-state index in [0.717, 1.165) is 30.6 Å². The van der Waals surface area contributed by atoms with Crippen LogP contribution in [0, 0.1) is 11.3 Å². The molecule has 1 fully saturated rings. The van der Waals surface area contributed by atoms with E-state index in [1.165, 1.54) is 7.11 Å². The van der Waals surface area contributed by atoms with Crippen molar-refractivity contribution in [2.45, 2.75) is 19.3 Å². The van der Waals surface area contributed by atoms with Crippen LogP contribution in [0.25, 0.3) is 0 Å². The molecule has 4 nitrogen and oxygen atoms in total. The van der Waals surface area contributed by atoms with Crippen LogP contribution in [0.15, 0.2) is 35.5 Å². The van der Waals surface area contributed by atoms with Gasteiger partial charge in [-0.1, -0.05) is 12.1 Å². The number of allylic oxidation sites excluding steroid dienone is 1. The summed E-state index contributed by atoms with van der Waals surface area (Å²) in [4.78, 5) is 11.9. The number of nitriles is 1. The van der Waals surface area contributed by atoms with Crippen molar-refractivity contribution in [2.75, 3.05) is 13.7 Å². The lowest BCUT2D eigenvalue weighted by molar-refractivity contribution is -0.136. The van der Waals surface area contributed by atoms with Crippen molar-refractivity contribution in [3.05, 3.63) is 46.7 Å². The highest BCUT2D eigenvalue weighted by molar-refractivity contribution is 5.89. The topological polar surface area (TPSA) is 62.1 Å². The number of hydrogen-bond acceptors (Lipinski definition) is 4. The summed E-state index contributed by atoms with van der Waals surface area (Å²) in [5.41, 5.74) is 3.18. The van der Waals surface area contributed by atoms with Crippen LogP contribution < -0.4 is 5.32 Å². The predicted octanol–water partition coefficient (Wildman–Crippen LogP) is 1.91. The Hall–Kier alpha value is -2.28. The predicted molar refractivity (Wildman–Crippen MR) is 71.1 cm³/mol. The molecule has 0 saturated carbocycles. The standard InChI is InChI=1S/C15H16N2O2/c1-19-15(18)13(14-6-3-7-17-14)9-11-4-2-5-12(8-11)10-16/h2,4-5,8,17H,3,6-7,9H2,1H3/b14-13+. The van der Waals surface area contributed by atoms with Gasteiger partial charge in [-0.25, -0.2) is 4.79 Å². The second kappa shape index (κ2) is 6.05. The molecule has 0 amide bonds. The van der Waals surface area contributed by atoms with Crippen LogP contribution in [0.1, 0.15) is 24.0 Å². The second-order valence-electron chi connectivity index (χ2n) is 4.47. The molecule has 1 aromatic rings. The number of nitrogens with one attached hydrogen (secondary N) is 1. The molecule has 0 aliphatic carbocycles. The van der Waals surface area contributed by atoms with E-state index in [-0.39, 0.29) is 5.97 Å². The normalized spacial score (nSPS) is 16.4. The van der Waals surface area contributed by atoms with E-state index >= 15 is 0 Å². The lowest BCUT2D eigenvalue weighted by Crippen LogP contribution is -2.16. The van der Waals surface area contributed by atoms with Gasteiger partial charge in [0.1, 0.15) is 0 Å². The fraction of sp³-hybridized carbons (Fsp3) is 0.333. The molecule has 4 heteroatoms. The Balaban J connectivity index is 2.28. The van der Waals surface area contributed by atoms with E-state index < -0.39 is 0 Å². The fourth-order valence-electron chi connectivity index (χ4n) is 2.23. The third-order valence-corrected chi connectivity index (χ3v) is 3.17. The number of ether oxygens (including phenoxy) is 1. The first-order valence-electron chi connectivity index (χ1n) is 6.28. The van der Waals surface area contributed by atoms with E-state index in [1.807, 2.05) is 12.1 Å². The van der Waals surface area contributed by atoms with Gasteiger partial charge >= 0.3 is 5.97 Å². The van der Waals surface area contributed by atoms with Crippen LogP contribution in [0.5, 0.6) is 0 Å². The molecule has 0 atom stereocenters. The molecule has 0 aromatic heterocycles. The van der Waals surface area contributed by atoms with Crippen molar-refractivity contribution in [2.24, 2.45) is 0 Å². The summed E-state index contributed by atoms with van der Waals surface area (Å²) >= 11 is 0. The van der Waals surface area contributed by atoms with E-state index in [9.17, 15) is 4.79 Å². The van der Waals surface area contributed by atoms with Crippen molar-refractivity contribution in [3.63, 3.8) is 0 Å². The number of methoxy groups -OCH3 is 1. The Labute approximate surface area is 112 Å². The highest BCUT2D eigenvalue weighted by atomic mass is 16.5. The Morgan fingerprint density at radius 1 is 1.53 bits per heavy atom. The summed E-state index contributed by atoms with van der Waals surface area (Å²) in [6.07, 6.45) is 2.40. The maximum absolute atomic E-state index is 11.9. The minimum Gasteiger partial charge on any atom is -0.466 e. The van der Waals surface area contributed by atoms with Crippen LogP contribution >= 0.6 is 0 Å². The SMILES string of the molecule is COC(=O)/C(Cc1cccc(C#N)c1)=C1\CCCN1. The zero-order chi connectivity index (χ0) is 13.7. The quantitative estimate of drug-likeness (QED) is 0.663. The number of carbonyl (C=O) groups excluding carboxylic acids is 1. The van der Waals surface area contributed by atoms with Gasteiger partial charge in [-0.3, -0.25) is 0 Å². The molecule has 98 valence electrons. The summed E-state index contributed by atoms with van der Waals surface area (Å²) in [5, 5.41) is 12.1. The number of benzene rings is 1. The van der Waals surface area contributed by atoms with Crippen molar-refractivity contribution in [1.82, 2.24) is 5.32 Å². The zero-order valence-corrected chi connectivity index (χ0v) is 10.9. The van der Waals surface area contributed by atoms with Crippen LogP contribution in [0.3, 0.4) is 0 Å². The molecule has 2 rings (SSSR count). The summed E-state index contributed by atoms with van der Waals surface area (Å²) in [7, 11) is 1.39. The molecule has 0 bridgehead atoms. The minimum absolute atomic E-state index is 0.299. The molecule has 1 saturated heterocycles. The van der Waals surface area contributed by atoms with Gasteiger partial charge in [-0.15, -0.1) is 0 Å². The van der Waals surface area contributed by atoms with Crippen LogP contribution in [-0.2, 0) is 16.0 Å². The third kappa shape index (κ3) is 3.14. The molecule has 1 aromatic carbocycles. The lowest BCUT2D eigenvalue weighted by atomic mass is 10.0. The van der Waals surface area contributed by atoms with Crippen LogP contribution in [-0.4, -0.2) is 19.6 Å². The Bertz CT molecular complexity index is 548. The van der Waals surface area contributed by atoms with Crippen molar-refractivity contribution >= 4 is 5.97 Å². The van der Waals surface area contributed by atoms with E-state index in [2.05, 4.69) is 11.4 Å². The minimum atomic E-state index is -0.299. The van der Waals surface area contributed by atoms with Gasteiger partial charge < -0.3 is 10.1 Å². The smallest absolute Gasteiger partial charge is 0.335 e. The van der Waals surface area contributed by atoms with Crippen molar-refractivity contribution in [3.8, 4) is 6.07 Å². The average Bonchev–Trinajstić information content (AvgIpc) is 2.98. The van der Waals surface area contributed by atoms with Gasteiger partial charge in [0.25, 0.3) is 0 Å². The molecule has 1 aliphatic rings. The molecule has 1 heterocycles. The molecule has 0 radical (unpaired) electrons. The lowest BCUT2D eigenvalue weighted by Gasteiger charge is -2.10. The highest BCUT2D eigenvalue weighted by Gasteiger charge is 2.19. The van der Waals surface area contributed by atoms with E-state index in [0.29, 0.717) is 17.6 Å². The molecule has 1 aliphatic heterocycles. The van der Waals surface area contributed by atoms with E-state index in [1.54, 1.807) is 12.1 Å². The van der Waals surface area contributed by atoms with Gasteiger partial charge in [-0.05, 0) is 30.5 Å². The maximum atomic E-state index is 11.9. The summed E-state index contributed by atoms with van der Waals surface area (Å²) in [6, 6.07) is 9.41. The molecular weight excluding hydrogens is 240 g/mol. The highest BCUT2D eigenvalue weighted by Crippen LogP contribution is 2.19. The third-order valence-electron chi connectivity index (χ3n) is 3.17. The molecule has 19 heavy (non-hydrogen) atoms. The summed E-state index contributed by atoms with van der Waals surface area (Å²) < 4.78 is 4.85.